The maximum absolute atomic E-state index is 11.1. The van der Waals surface area contributed by atoms with Gasteiger partial charge in [0.1, 0.15) is 5.75 Å². The van der Waals surface area contributed by atoms with Crippen LogP contribution < -0.4 is 4.74 Å². The summed E-state index contributed by atoms with van der Waals surface area (Å²) in [6.45, 7) is 2.94. The van der Waals surface area contributed by atoms with Crippen molar-refractivity contribution in [3.8, 4) is 5.75 Å². The predicted molar refractivity (Wildman–Crippen MR) is 74.5 cm³/mol. The first-order valence-corrected chi connectivity index (χ1v) is 6.70. The number of ether oxygens (including phenoxy) is 3. The number of methoxy groups -OCH3 is 1. The number of aliphatic hydroxyl groups excluding tert-OH is 1. The Morgan fingerprint density at radius 2 is 2.00 bits per heavy atom. The highest BCUT2D eigenvalue weighted by Gasteiger charge is 2.11. The van der Waals surface area contributed by atoms with E-state index >= 15 is 0 Å². The average molecular weight is 282 g/mol. The van der Waals surface area contributed by atoms with Gasteiger partial charge in [-0.05, 0) is 31.0 Å². The summed E-state index contributed by atoms with van der Waals surface area (Å²) in [6.07, 6.45) is -0.292. The van der Waals surface area contributed by atoms with E-state index in [1.807, 2.05) is 24.3 Å². The van der Waals surface area contributed by atoms with Crippen molar-refractivity contribution < 1.29 is 24.1 Å². The molecule has 0 aliphatic rings. The van der Waals surface area contributed by atoms with Gasteiger partial charge in [-0.3, -0.25) is 4.79 Å². The summed E-state index contributed by atoms with van der Waals surface area (Å²) in [7, 11) is 1.62. The van der Waals surface area contributed by atoms with Crippen molar-refractivity contribution in [2.75, 3.05) is 20.3 Å². The summed E-state index contributed by atoms with van der Waals surface area (Å²) in [6, 6.07) is 7.59. The number of benzene rings is 1. The third kappa shape index (κ3) is 6.54. The van der Waals surface area contributed by atoms with Crippen LogP contribution in [0, 0.1) is 0 Å². The van der Waals surface area contributed by atoms with Gasteiger partial charge in [0.15, 0.2) is 0 Å². The molecule has 0 heterocycles. The van der Waals surface area contributed by atoms with Gasteiger partial charge in [0.05, 0.1) is 32.8 Å². The van der Waals surface area contributed by atoms with Crippen LogP contribution in [-0.4, -0.2) is 37.5 Å². The number of hydrogen-bond acceptors (Lipinski definition) is 5. The number of aliphatic hydroxyl groups is 1. The fourth-order valence-corrected chi connectivity index (χ4v) is 1.65. The summed E-state index contributed by atoms with van der Waals surface area (Å²) in [5, 5.41) is 9.61. The SMILES string of the molecule is CCOC(=O)C[C@H](O)CCOCc1ccc(OC)cc1. The Kier molecular flexibility index (Phi) is 7.69. The molecule has 0 unspecified atom stereocenters. The van der Waals surface area contributed by atoms with Crippen LogP contribution in [-0.2, 0) is 20.9 Å². The van der Waals surface area contributed by atoms with Crippen LogP contribution in [0.15, 0.2) is 24.3 Å². The highest BCUT2D eigenvalue weighted by Crippen LogP contribution is 2.12. The summed E-state index contributed by atoms with van der Waals surface area (Å²) in [5.41, 5.74) is 1.03. The molecule has 0 saturated carbocycles. The molecule has 0 bridgehead atoms. The van der Waals surface area contributed by atoms with Gasteiger partial charge in [0, 0.05) is 6.61 Å². The molecular formula is C15H22O5. The number of hydrogen-bond donors (Lipinski definition) is 1. The van der Waals surface area contributed by atoms with E-state index < -0.39 is 6.10 Å². The van der Waals surface area contributed by atoms with Crippen molar-refractivity contribution in [3.63, 3.8) is 0 Å². The van der Waals surface area contributed by atoms with Gasteiger partial charge in [-0.25, -0.2) is 0 Å². The lowest BCUT2D eigenvalue weighted by Gasteiger charge is -2.10. The monoisotopic (exact) mass is 282 g/mol. The number of rotatable bonds is 9. The van der Waals surface area contributed by atoms with Gasteiger partial charge in [-0.1, -0.05) is 12.1 Å². The second-order valence-corrected chi connectivity index (χ2v) is 4.35. The summed E-state index contributed by atoms with van der Waals surface area (Å²) in [4.78, 5) is 11.1. The van der Waals surface area contributed by atoms with E-state index in [2.05, 4.69) is 0 Å². The Morgan fingerprint density at radius 3 is 2.60 bits per heavy atom. The van der Waals surface area contributed by atoms with Crippen molar-refractivity contribution in [1.82, 2.24) is 0 Å². The van der Waals surface area contributed by atoms with Gasteiger partial charge < -0.3 is 19.3 Å². The molecule has 0 saturated heterocycles. The molecule has 0 fully saturated rings. The van der Waals surface area contributed by atoms with E-state index in [0.29, 0.717) is 26.2 Å². The molecule has 0 aliphatic carbocycles. The second kappa shape index (κ2) is 9.34. The van der Waals surface area contributed by atoms with Crippen LogP contribution in [0.4, 0.5) is 0 Å². The van der Waals surface area contributed by atoms with Gasteiger partial charge in [-0.2, -0.15) is 0 Å². The van der Waals surface area contributed by atoms with Crippen LogP contribution in [0.3, 0.4) is 0 Å². The van der Waals surface area contributed by atoms with Crippen LogP contribution >= 0.6 is 0 Å². The van der Waals surface area contributed by atoms with E-state index in [-0.39, 0.29) is 12.4 Å². The van der Waals surface area contributed by atoms with E-state index in [0.717, 1.165) is 11.3 Å². The molecule has 0 amide bonds. The zero-order valence-corrected chi connectivity index (χ0v) is 12.0. The minimum atomic E-state index is -0.718. The third-order valence-corrected chi connectivity index (χ3v) is 2.73. The lowest BCUT2D eigenvalue weighted by molar-refractivity contribution is -0.145. The molecule has 1 atom stereocenters. The van der Waals surface area contributed by atoms with E-state index in [4.69, 9.17) is 14.2 Å². The predicted octanol–water partition coefficient (Wildman–Crippen LogP) is 1.92. The van der Waals surface area contributed by atoms with E-state index in [1.54, 1.807) is 14.0 Å². The Bertz CT molecular complexity index is 388. The number of esters is 1. The number of carbonyl (C=O) groups excluding carboxylic acids is 1. The molecule has 112 valence electrons. The molecule has 1 aromatic rings. The standard InChI is InChI=1S/C15H22O5/c1-3-20-15(17)10-13(16)8-9-19-11-12-4-6-14(18-2)7-5-12/h4-7,13,16H,3,8-11H2,1-2H3/t13-/m1/s1. The van der Waals surface area contributed by atoms with E-state index in [1.165, 1.54) is 0 Å². The first kappa shape index (κ1) is 16.5. The van der Waals surface area contributed by atoms with Crippen LogP contribution in [0.1, 0.15) is 25.3 Å². The largest absolute Gasteiger partial charge is 0.497 e. The van der Waals surface area contributed by atoms with Crippen LogP contribution in [0.5, 0.6) is 5.75 Å². The fourth-order valence-electron chi connectivity index (χ4n) is 1.65. The molecule has 0 aliphatic heterocycles. The van der Waals surface area contributed by atoms with Crippen molar-refractivity contribution >= 4 is 5.97 Å². The maximum atomic E-state index is 11.1. The van der Waals surface area contributed by atoms with Crippen LogP contribution in [0.2, 0.25) is 0 Å². The normalized spacial score (nSPS) is 11.9. The molecule has 0 spiro atoms. The second-order valence-electron chi connectivity index (χ2n) is 4.35. The van der Waals surface area contributed by atoms with Gasteiger partial charge >= 0.3 is 5.97 Å². The van der Waals surface area contributed by atoms with Gasteiger partial charge in [-0.15, -0.1) is 0 Å². The molecule has 20 heavy (non-hydrogen) atoms. The summed E-state index contributed by atoms with van der Waals surface area (Å²) < 4.78 is 15.3. The molecular weight excluding hydrogens is 260 g/mol. The molecule has 5 heteroatoms. The fraction of sp³-hybridized carbons (Fsp3) is 0.533. The minimum Gasteiger partial charge on any atom is -0.497 e. The molecule has 1 aromatic carbocycles. The highest BCUT2D eigenvalue weighted by molar-refractivity contribution is 5.69. The molecule has 1 N–H and O–H groups in total. The highest BCUT2D eigenvalue weighted by atomic mass is 16.5. The van der Waals surface area contributed by atoms with Crippen molar-refractivity contribution in [2.24, 2.45) is 0 Å². The lowest BCUT2D eigenvalue weighted by atomic mass is 10.2. The quantitative estimate of drug-likeness (QED) is 0.553. The van der Waals surface area contributed by atoms with Crippen molar-refractivity contribution in [1.29, 1.82) is 0 Å². The first-order chi connectivity index (χ1) is 9.65. The lowest BCUT2D eigenvalue weighted by Crippen LogP contribution is -2.17. The zero-order valence-electron chi connectivity index (χ0n) is 12.0. The topological polar surface area (TPSA) is 65.0 Å². The average Bonchev–Trinajstić information content (AvgIpc) is 2.44. The smallest absolute Gasteiger partial charge is 0.308 e. The summed E-state index contributed by atoms with van der Waals surface area (Å²) >= 11 is 0. The zero-order chi connectivity index (χ0) is 14.8. The number of carbonyl (C=O) groups is 1. The Morgan fingerprint density at radius 1 is 1.30 bits per heavy atom. The molecule has 5 nitrogen and oxygen atoms in total. The molecule has 0 aromatic heterocycles. The van der Waals surface area contributed by atoms with Gasteiger partial charge in [0.25, 0.3) is 0 Å². The van der Waals surface area contributed by atoms with E-state index in [9.17, 15) is 9.90 Å². The van der Waals surface area contributed by atoms with Crippen molar-refractivity contribution in [2.45, 2.75) is 32.5 Å². The van der Waals surface area contributed by atoms with Crippen LogP contribution in [0.25, 0.3) is 0 Å². The Labute approximate surface area is 119 Å². The van der Waals surface area contributed by atoms with Crippen molar-refractivity contribution in [3.05, 3.63) is 29.8 Å². The van der Waals surface area contributed by atoms with Gasteiger partial charge in [0.2, 0.25) is 0 Å². The Hall–Kier alpha value is -1.59. The minimum absolute atomic E-state index is 0.0136. The first-order valence-electron chi connectivity index (χ1n) is 6.70. The third-order valence-electron chi connectivity index (χ3n) is 2.73. The maximum Gasteiger partial charge on any atom is 0.308 e. The summed E-state index contributed by atoms with van der Waals surface area (Å²) in [5.74, 6) is 0.425. The molecule has 1 rings (SSSR count). The Balaban J connectivity index is 2.15. The molecule has 0 radical (unpaired) electrons.